The fourth-order valence-corrected chi connectivity index (χ4v) is 4.02. The fraction of sp³-hybridized carbons (Fsp3) is 0.258. The Hall–Kier alpha value is -4.99. The van der Waals surface area contributed by atoms with Crippen molar-refractivity contribution >= 4 is 35.3 Å². The maximum atomic E-state index is 13.5. The van der Waals surface area contributed by atoms with Gasteiger partial charge in [-0.25, -0.2) is 4.79 Å². The summed E-state index contributed by atoms with van der Waals surface area (Å²) in [4.78, 5) is 61.7. The average molecular weight is 560 g/mol. The number of nitrogens with one attached hydrogen (secondary N) is 3. The number of carbonyl (C=O) groups is 5. The van der Waals surface area contributed by atoms with Crippen LogP contribution in [0.15, 0.2) is 72.8 Å². The minimum absolute atomic E-state index is 0.100. The van der Waals surface area contributed by atoms with Crippen molar-refractivity contribution in [3.8, 4) is 5.75 Å². The normalized spacial score (nSPS) is 11.9. The summed E-state index contributed by atoms with van der Waals surface area (Å²) in [6.07, 6.45) is 0.220. The number of benzene rings is 3. The molecule has 0 bridgehead atoms. The molecule has 0 aliphatic carbocycles. The lowest BCUT2D eigenvalue weighted by molar-refractivity contribution is -0.145. The Morgan fingerprint density at radius 1 is 0.732 bits per heavy atom. The van der Waals surface area contributed by atoms with Gasteiger partial charge >= 0.3 is 11.9 Å². The minimum atomic E-state index is -1.05. The molecular formula is C31H33N3O7. The van der Waals surface area contributed by atoms with Gasteiger partial charge in [-0.2, -0.15) is 0 Å². The monoisotopic (exact) mass is 559 g/mol. The first-order chi connectivity index (χ1) is 19.5. The lowest BCUT2D eigenvalue weighted by Gasteiger charge is -2.23. The highest BCUT2D eigenvalue weighted by molar-refractivity contribution is 5.98. The number of hydrogen-bond acceptors (Lipinski definition) is 7. The molecule has 10 nitrogen and oxygen atoms in total. The van der Waals surface area contributed by atoms with E-state index in [1.165, 1.54) is 21.0 Å². The molecule has 0 saturated carbocycles. The molecule has 0 unspecified atom stereocenters. The van der Waals surface area contributed by atoms with Gasteiger partial charge in [-0.3, -0.25) is 19.2 Å². The Kier molecular flexibility index (Phi) is 10.7. The van der Waals surface area contributed by atoms with Crippen LogP contribution in [-0.2, 0) is 36.8 Å². The first-order valence-corrected chi connectivity index (χ1v) is 12.9. The SMILES string of the molecule is COC(=O)[C@H](Cc1ccc(OC(C)=O)cc1)NC(=O)[C@H](Cc1ccc(NC(C)=O)cc1)NC(=O)c1ccc(C)cc1. The summed E-state index contributed by atoms with van der Waals surface area (Å²) in [5.74, 6) is -2.01. The summed E-state index contributed by atoms with van der Waals surface area (Å²) < 4.78 is 9.96. The third-order valence-corrected chi connectivity index (χ3v) is 6.08. The first kappa shape index (κ1) is 30.6. The van der Waals surface area contributed by atoms with Crippen molar-refractivity contribution in [1.29, 1.82) is 0 Å². The van der Waals surface area contributed by atoms with E-state index < -0.39 is 35.8 Å². The number of carbonyl (C=O) groups excluding carboxylic acids is 5. The third-order valence-electron chi connectivity index (χ3n) is 6.08. The molecule has 3 N–H and O–H groups in total. The van der Waals surface area contributed by atoms with Crippen molar-refractivity contribution in [2.75, 3.05) is 12.4 Å². The molecule has 41 heavy (non-hydrogen) atoms. The topological polar surface area (TPSA) is 140 Å². The summed E-state index contributed by atoms with van der Waals surface area (Å²) in [6, 6.07) is 18.2. The van der Waals surface area contributed by atoms with Crippen LogP contribution in [0, 0.1) is 6.92 Å². The van der Waals surface area contributed by atoms with Crippen LogP contribution in [0.2, 0.25) is 0 Å². The van der Waals surface area contributed by atoms with Gasteiger partial charge in [-0.15, -0.1) is 0 Å². The van der Waals surface area contributed by atoms with E-state index in [1.807, 2.05) is 6.92 Å². The van der Waals surface area contributed by atoms with Crippen molar-refractivity contribution in [3.05, 3.63) is 95.1 Å². The van der Waals surface area contributed by atoms with Crippen LogP contribution in [0.4, 0.5) is 5.69 Å². The largest absolute Gasteiger partial charge is 0.467 e. The number of esters is 2. The van der Waals surface area contributed by atoms with E-state index in [0.717, 1.165) is 11.1 Å². The van der Waals surface area contributed by atoms with Gasteiger partial charge in [-0.1, -0.05) is 42.0 Å². The van der Waals surface area contributed by atoms with Gasteiger partial charge in [0, 0.05) is 37.9 Å². The molecule has 0 spiro atoms. The molecule has 0 heterocycles. The van der Waals surface area contributed by atoms with E-state index in [9.17, 15) is 24.0 Å². The van der Waals surface area contributed by atoms with Crippen LogP contribution < -0.4 is 20.7 Å². The van der Waals surface area contributed by atoms with E-state index >= 15 is 0 Å². The second-order valence-electron chi connectivity index (χ2n) is 9.50. The van der Waals surface area contributed by atoms with E-state index in [-0.39, 0.29) is 18.7 Å². The average Bonchev–Trinajstić information content (AvgIpc) is 2.93. The maximum absolute atomic E-state index is 13.5. The number of ether oxygens (including phenoxy) is 2. The smallest absolute Gasteiger partial charge is 0.328 e. The van der Waals surface area contributed by atoms with Gasteiger partial charge in [-0.05, 0) is 54.4 Å². The molecule has 0 aliphatic heterocycles. The number of anilines is 1. The molecule has 214 valence electrons. The Balaban J connectivity index is 1.81. The lowest BCUT2D eigenvalue weighted by atomic mass is 10.0. The number of aryl methyl sites for hydroxylation is 1. The first-order valence-electron chi connectivity index (χ1n) is 12.9. The second kappa shape index (κ2) is 14.4. The Morgan fingerprint density at radius 3 is 1.83 bits per heavy atom. The number of hydrogen-bond donors (Lipinski definition) is 3. The summed E-state index contributed by atoms with van der Waals surface area (Å²) in [5, 5.41) is 8.18. The molecule has 0 saturated heterocycles. The predicted octanol–water partition coefficient (Wildman–Crippen LogP) is 3.12. The van der Waals surface area contributed by atoms with Crippen LogP contribution in [0.5, 0.6) is 5.75 Å². The minimum Gasteiger partial charge on any atom is -0.467 e. The van der Waals surface area contributed by atoms with Crippen molar-refractivity contribution in [1.82, 2.24) is 10.6 Å². The molecule has 2 atom stereocenters. The van der Waals surface area contributed by atoms with Crippen molar-refractivity contribution < 1.29 is 33.4 Å². The zero-order chi connectivity index (χ0) is 29.9. The van der Waals surface area contributed by atoms with Crippen molar-refractivity contribution in [2.24, 2.45) is 0 Å². The van der Waals surface area contributed by atoms with Gasteiger partial charge in [0.1, 0.15) is 17.8 Å². The molecule has 3 rings (SSSR count). The zero-order valence-electron chi connectivity index (χ0n) is 23.4. The lowest BCUT2D eigenvalue weighted by Crippen LogP contribution is -2.53. The van der Waals surface area contributed by atoms with Crippen molar-refractivity contribution in [2.45, 2.75) is 45.7 Å². The maximum Gasteiger partial charge on any atom is 0.328 e. The molecule has 10 heteroatoms. The van der Waals surface area contributed by atoms with Gasteiger partial charge in [0.25, 0.3) is 5.91 Å². The second-order valence-corrected chi connectivity index (χ2v) is 9.50. The summed E-state index contributed by atoms with van der Waals surface area (Å²) in [5.41, 5.74) is 3.37. The Bertz CT molecular complexity index is 1380. The highest BCUT2D eigenvalue weighted by Crippen LogP contribution is 2.15. The third kappa shape index (κ3) is 9.61. The molecule has 0 fully saturated rings. The van der Waals surface area contributed by atoms with Gasteiger partial charge in [0.2, 0.25) is 11.8 Å². The number of rotatable bonds is 11. The van der Waals surface area contributed by atoms with E-state index in [0.29, 0.717) is 22.6 Å². The van der Waals surface area contributed by atoms with Crippen LogP contribution >= 0.6 is 0 Å². The molecule has 3 aromatic carbocycles. The van der Waals surface area contributed by atoms with Crippen LogP contribution in [0.1, 0.15) is 40.9 Å². The molecule has 0 aromatic heterocycles. The number of amides is 3. The van der Waals surface area contributed by atoms with Crippen LogP contribution in [0.25, 0.3) is 0 Å². The number of methoxy groups -OCH3 is 1. The van der Waals surface area contributed by atoms with Gasteiger partial charge in [0.05, 0.1) is 7.11 Å². The highest BCUT2D eigenvalue weighted by atomic mass is 16.5. The molecule has 0 radical (unpaired) electrons. The molecule has 0 aliphatic rings. The van der Waals surface area contributed by atoms with Crippen LogP contribution in [0.3, 0.4) is 0 Å². The Morgan fingerprint density at radius 2 is 1.29 bits per heavy atom. The van der Waals surface area contributed by atoms with E-state index in [2.05, 4.69) is 16.0 Å². The highest BCUT2D eigenvalue weighted by Gasteiger charge is 2.28. The standard InChI is InChI=1S/C31H33N3O7/c1-19-5-11-24(12-6-19)29(37)33-27(17-22-7-13-25(14-8-22)32-20(2)35)30(38)34-28(31(39)40-4)18-23-9-15-26(16-10-23)41-21(3)36/h5-16,27-28H,17-18H2,1-4H3,(H,32,35)(H,33,37)(H,34,38)/t27-,28-/m0/s1. The summed E-state index contributed by atoms with van der Waals surface area (Å²) in [6.45, 7) is 4.60. The molecular weight excluding hydrogens is 526 g/mol. The quantitative estimate of drug-likeness (QED) is 0.242. The van der Waals surface area contributed by atoms with E-state index in [4.69, 9.17) is 9.47 Å². The molecule has 3 amide bonds. The van der Waals surface area contributed by atoms with E-state index in [1.54, 1.807) is 72.8 Å². The predicted molar refractivity (Wildman–Crippen MR) is 152 cm³/mol. The fourth-order valence-electron chi connectivity index (χ4n) is 4.02. The van der Waals surface area contributed by atoms with Gasteiger partial charge < -0.3 is 25.4 Å². The van der Waals surface area contributed by atoms with Crippen LogP contribution in [-0.4, -0.2) is 48.9 Å². The van der Waals surface area contributed by atoms with Gasteiger partial charge in [0.15, 0.2) is 0 Å². The zero-order valence-corrected chi connectivity index (χ0v) is 23.4. The van der Waals surface area contributed by atoms with Crippen molar-refractivity contribution in [3.63, 3.8) is 0 Å². The summed E-state index contributed by atoms with van der Waals surface area (Å²) in [7, 11) is 1.22. The Labute approximate surface area is 238 Å². The summed E-state index contributed by atoms with van der Waals surface area (Å²) >= 11 is 0. The molecule has 3 aromatic rings.